The number of anilines is 1. The van der Waals surface area contributed by atoms with Crippen molar-refractivity contribution in [2.24, 2.45) is 5.92 Å². The number of hydrogen-bond acceptors (Lipinski definition) is 5. The Bertz CT molecular complexity index is 790. The Morgan fingerprint density at radius 3 is 2.41 bits per heavy atom. The Kier molecular flexibility index (Phi) is 6.82. The van der Waals surface area contributed by atoms with Gasteiger partial charge in [0.1, 0.15) is 5.82 Å². The molecule has 0 atom stereocenters. The number of pyridine rings is 1. The number of carbonyl (C=O) groups is 1. The first kappa shape index (κ1) is 21.6. The zero-order chi connectivity index (χ0) is 20.4. The molecule has 152 valence electrons. The van der Waals surface area contributed by atoms with E-state index < -0.39 is 10.2 Å². The van der Waals surface area contributed by atoms with Crippen molar-refractivity contribution >= 4 is 21.9 Å². The number of carbonyl (C=O) groups excluding carboxylic acids is 1. The van der Waals surface area contributed by atoms with E-state index >= 15 is 0 Å². The van der Waals surface area contributed by atoms with Crippen molar-refractivity contribution in [3.63, 3.8) is 0 Å². The molecule has 2 rings (SSSR count). The van der Waals surface area contributed by atoms with Crippen LogP contribution in [0.3, 0.4) is 0 Å². The molecule has 0 aromatic carbocycles. The van der Waals surface area contributed by atoms with Gasteiger partial charge in [-0.2, -0.15) is 17.0 Å². The van der Waals surface area contributed by atoms with Crippen LogP contribution in [0.1, 0.15) is 35.5 Å². The summed E-state index contributed by atoms with van der Waals surface area (Å²) < 4.78 is 27.6. The van der Waals surface area contributed by atoms with Crippen LogP contribution in [-0.4, -0.2) is 80.6 Å². The molecule has 0 fully saturated rings. The average molecular weight is 398 g/mol. The van der Waals surface area contributed by atoms with Gasteiger partial charge in [-0.25, -0.2) is 4.98 Å². The lowest BCUT2D eigenvalue weighted by atomic mass is 10.0. The molecule has 1 N–H and O–H groups in total. The van der Waals surface area contributed by atoms with Crippen LogP contribution in [0, 0.1) is 5.92 Å². The maximum Gasteiger partial charge on any atom is 0.281 e. The largest absolute Gasteiger partial charge is 0.369 e. The van der Waals surface area contributed by atoms with Crippen LogP contribution in [0.15, 0.2) is 6.07 Å². The SMILES string of the molecule is CC(C)CNc1nc2c(cc1C(=O)N(C)C)CCN(S(=O)(=O)N(C)C)CC2. The minimum atomic E-state index is -3.46. The predicted octanol–water partition coefficient (Wildman–Crippen LogP) is 1.06. The monoisotopic (exact) mass is 397 g/mol. The maximum absolute atomic E-state index is 12.6. The minimum absolute atomic E-state index is 0.112. The van der Waals surface area contributed by atoms with E-state index in [0.29, 0.717) is 49.8 Å². The summed E-state index contributed by atoms with van der Waals surface area (Å²) in [7, 11) is 3.03. The Morgan fingerprint density at radius 2 is 1.85 bits per heavy atom. The molecule has 0 bridgehead atoms. The van der Waals surface area contributed by atoms with E-state index in [1.165, 1.54) is 27.6 Å². The van der Waals surface area contributed by atoms with E-state index in [2.05, 4.69) is 19.2 Å². The second kappa shape index (κ2) is 8.53. The van der Waals surface area contributed by atoms with E-state index in [1.807, 2.05) is 6.07 Å². The van der Waals surface area contributed by atoms with Gasteiger partial charge < -0.3 is 10.2 Å². The molecule has 27 heavy (non-hydrogen) atoms. The highest BCUT2D eigenvalue weighted by Gasteiger charge is 2.28. The van der Waals surface area contributed by atoms with E-state index in [4.69, 9.17) is 4.98 Å². The molecule has 1 aliphatic heterocycles. The smallest absolute Gasteiger partial charge is 0.281 e. The number of aromatic nitrogens is 1. The molecule has 8 nitrogen and oxygen atoms in total. The highest BCUT2D eigenvalue weighted by molar-refractivity contribution is 7.86. The van der Waals surface area contributed by atoms with Crippen molar-refractivity contribution in [1.82, 2.24) is 18.5 Å². The standard InChI is InChI=1S/C18H31N5O3S/c1-13(2)12-19-17-15(18(24)21(3)4)11-14-7-9-23(10-8-16(14)20-17)27(25,26)22(5)6/h11,13H,7-10,12H2,1-6H3,(H,19,20). The lowest BCUT2D eigenvalue weighted by Gasteiger charge is -2.23. The number of nitrogens with zero attached hydrogens (tertiary/aromatic N) is 4. The normalized spacial score (nSPS) is 15.6. The fourth-order valence-corrected chi connectivity index (χ4v) is 4.02. The molecule has 0 spiro atoms. The van der Waals surface area contributed by atoms with Gasteiger partial charge in [-0.05, 0) is 24.0 Å². The molecule has 0 aliphatic carbocycles. The van der Waals surface area contributed by atoms with Crippen LogP contribution in [0.4, 0.5) is 5.82 Å². The highest BCUT2D eigenvalue weighted by atomic mass is 32.2. The number of fused-ring (bicyclic) bond motifs is 1. The Hall–Kier alpha value is -1.71. The molecule has 2 heterocycles. The third kappa shape index (κ3) is 4.97. The van der Waals surface area contributed by atoms with Crippen molar-refractivity contribution in [2.45, 2.75) is 26.7 Å². The average Bonchev–Trinajstić information content (AvgIpc) is 2.80. The Morgan fingerprint density at radius 1 is 1.22 bits per heavy atom. The molecule has 1 amide bonds. The van der Waals surface area contributed by atoms with Gasteiger partial charge in [-0.15, -0.1) is 0 Å². The van der Waals surface area contributed by atoms with Crippen LogP contribution >= 0.6 is 0 Å². The molecular formula is C18H31N5O3S. The van der Waals surface area contributed by atoms with Gasteiger partial charge in [-0.1, -0.05) is 13.8 Å². The molecule has 0 radical (unpaired) electrons. The van der Waals surface area contributed by atoms with Crippen molar-refractivity contribution in [2.75, 3.05) is 53.1 Å². The van der Waals surface area contributed by atoms with Gasteiger partial charge >= 0.3 is 0 Å². The van der Waals surface area contributed by atoms with E-state index in [9.17, 15) is 13.2 Å². The van der Waals surface area contributed by atoms with Crippen LogP contribution in [0.2, 0.25) is 0 Å². The quantitative estimate of drug-likeness (QED) is 0.776. The first-order valence-corrected chi connectivity index (χ1v) is 10.6. The molecular weight excluding hydrogens is 366 g/mol. The number of hydrogen-bond donors (Lipinski definition) is 1. The third-order valence-electron chi connectivity index (χ3n) is 4.52. The Balaban J connectivity index is 2.38. The summed E-state index contributed by atoms with van der Waals surface area (Å²) in [6.45, 7) is 5.65. The topological polar surface area (TPSA) is 85.9 Å². The van der Waals surface area contributed by atoms with Crippen LogP contribution in [-0.2, 0) is 23.1 Å². The summed E-state index contributed by atoms with van der Waals surface area (Å²) in [5, 5.41) is 3.28. The summed E-state index contributed by atoms with van der Waals surface area (Å²) in [6, 6.07) is 1.87. The molecule has 1 aromatic heterocycles. The van der Waals surface area contributed by atoms with Crippen molar-refractivity contribution in [3.8, 4) is 0 Å². The molecule has 9 heteroatoms. The fraction of sp³-hybridized carbons (Fsp3) is 0.667. The van der Waals surface area contributed by atoms with Crippen molar-refractivity contribution in [1.29, 1.82) is 0 Å². The van der Waals surface area contributed by atoms with Gasteiger partial charge in [0.05, 0.1) is 5.56 Å². The summed E-state index contributed by atoms with van der Waals surface area (Å²) in [5.74, 6) is 0.872. The molecule has 0 unspecified atom stereocenters. The second-order valence-corrected chi connectivity index (χ2v) is 9.80. The van der Waals surface area contributed by atoms with Gasteiger partial charge in [-0.3, -0.25) is 4.79 Å². The van der Waals surface area contributed by atoms with Crippen molar-refractivity contribution < 1.29 is 13.2 Å². The summed E-state index contributed by atoms with van der Waals surface area (Å²) in [4.78, 5) is 18.9. The van der Waals surface area contributed by atoms with Gasteiger partial charge in [0.15, 0.2) is 0 Å². The second-order valence-electron chi connectivity index (χ2n) is 7.65. The number of nitrogens with one attached hydrogen (secondary N) is 1. The predicted molar refractivity (Wildman–Crippen MR) is 107 cm³/mol. The molecule has 1 aromatic rings. The zero-order valence-electron chi connectivity index (χ0n) is 17.1. The number of rotatable bonds is 6. The van der Waals surface area contributed by atoms with Crippen molar-refractivity contribution in [3.05, 3.63) is 22.9 Å². The zero-order valence-corrected chi connectivity index (χ0v) is 17.9. The number of amides is 1. The Labute approximate surface area is 162 Å². The van der Waals surface area contributed by atoms with Crippen LogP contribution in [0.25, 0.3) is 0 Å². The highest BCUT2D eigenvalue weighted by Crippen LogP contribution is 2.24. The first-order chi connectivity index (χ1) is 12.5. The van der Waals surface area contributed by atoms with Gasteiger partial charge in [0.25, 0.3) is 16.1 Å². The summed E-state index contributed by atoms with van der Waals surface area (Å²) in [5.41, 5.74) is 2.32. The molecule has 0 saturated heterocycles. The van der Waals surface area contributed by atoms with Gasteiger partial charge in [0.2, 0.25) is 0 Å². The van der Waals surface area contributed by atoms with E-state index in [0.717, 1.165) is 11.3 Å². The summed E-state index contributed by atoms with van der Waals surface area (Å²) >= 11 is 0. The van der Waals surface area contributed by atoms with Gasteiger partial charge in [0, 0.05) is 59.9 Å². The summed E-state index contributed by atoms with van der Waals surface area (Å²) in [6.07, 6.45) is 1.06. The first-order valence-electron chi connectivity index (χ1n) is 9.20. The van der Waals surface area contributed by atoms with E-state index in [1.54, 1.807) is 14.1 Å². The van der Waals surface area contributed by atoms with E-state index in [-0.39, 0.29) is 5.91 Å². The fourth-order valence-electron chi connectivity index (χ4n) is 2.91. The molecule has 0 saturated carbocycles. The third-order valence-corrected chi connectivity index (χ3v) is 6.46. The lowest BCUT2D eigenvalue weighted by molar-refractivity contribution is 0.0828. The van der Waals surface area contributed by atoms with Crippen LogP contribution < -0.4 is 5.32 Å². The lowest BCUT2D eigenvalue weighted by Crippen LogP contribution is -2.41. The molecule has 1 aliphatic rings. The maximum atomic E-state index is 12.6. The minimum Gasteiger partial charge on any atom is -0.369 e. The van der Waals surface area contributed by atoms with Crippen LogP contribution in [0.5, 0.6) is 0 Å².